The van der Waals surface area contributed by atoms with Crippen LogP contribution in [0.5, 0.6) is 0 Å². The Morgan fingerprint density at radius 1 is 1.08 bits per heavy atom. The molecule has 26 heavy (non-hydrogen) atoms. The van der Waals surface area contributed by atoms with Gasteiger partial charge in [-0.3, -0.25) is 0 Å². The van der Waals surface area contributed by atoms with Gasteiger partial charge in [0.1, 0.15) is 5.71 Å². The maximum absolute atomic E-state index is 12.3. The first-order valence-corrected chi connectivity index (χ1v) is 8.57. The number of benzene rings is 2. The van der Waals surface area contributed by atoms with E-state index in [9.17, 15) is 9.59 Å². The van der Waals surface area contributed by atoms with Gasteiger partial charge in [0.05, 0.1) is 11.3 Å². The van der Waals surface area contributed by atoms with Crippen LogP contribution in [0.2, 0.25) is 0 Å². The summed E-state index contributed by atoms with van der Waals surface area (Å²) in [6.07, 6.45) is -1.24. The maximum atomic E-state index is 12.3. The van der Waals surface area contributed by atoms with Gasteiger partial charge in [0.25, 0.3) is 6.29 Å². The highest BCUT2D eigenvalue weighted by molar-refractivity contribution is 6.44. The van der Waals surface area contributed by atoms with Crippen molar-refractivity contribution in [3.05, 3.63) is 64.7 Å². The summed E-state index contributed by atoms with van der Waals surface area (Å²) in [4.78, 5) is 28.7. The van der Waals surface area contributed by atoms with Gasteiger partial charge in [-0.15, -0.1) is 11.6 Å². The van der Waals surface area contributed by atoms with E-state index in [-0.39, 0.29) is 5.71 Å². The minimum Gasteiger partial charge on any atom is -0.418 e. The summed E-state index contributed by atoms with van der Waals surface area (Å²) in [6.45, 7) is 5.75. The number of aliphatic imine (C=N–C) groups is 1. The Morgan fingerprint density at radius 3 is 2.42 bits per heavy atom. The van der Waals surface area contributed by atoms with E-state index in [1.165, 1.54) is 0 Å². The van der Waals surface area contributed by atoms with Crippen LogP contribution in [0.1, 0.15) is 27.0 Å². The van der Waals surface area contributed by atoms with Crippen molar-refractivity contribution in [1.29, 1.82) is 0 Å². The van der Waals surface area contributed by atoms with Crippen LogP contribution < -0.4 is 0 Å². The molecule has 0 bridgehead atoms. The first-order chi connectivity index (χ1) is 12.3. The number of cyclic esters (lactones) is 1. The zero-order valence-corrected chi connectivity index (χ0v) is 15.4. The number of aryl methyl sites for hydroxylation is 3. The molecule has 1 heterocycles. The molecule has 1 aliphatic rings. The average molecular weight is 372 g/mol. The monoisotopic (exact) mass is 371 g/mol. The van der Waals surface area contributed by atoms with Crippen molar-refractivity contribution < 1.29 is 19.1 Å². The molecule has 0 N–H and O–H groups in total. The van der Waals surface area contributed by atoms with Crippen molar-refractivity contribution >= 4 is 34.9 Å². The third kappa shape index (κ3) is 3.78. The lowest BCUT2D eigenvalue weighted by molar-refractivity contribution is -0.151. The summed E-state index contributed by atoms with van der Waals surface area (Å²) in [7, 11) is 0. The van der Waals surface area contributed by atoms with Gasteiger partial charge < -0.3 is 9.47 Å². The van der Waals surface area contributed by atoms with Gasteiger partial charge in [-0.2, -0.15) is 0 Å². The molecular formula is C20H18ClNO4. The van der Waals surface area contributed by atoms with Gasteiger partial charge in [-0.25, -0.2) is 14.6 Å². The van der Waals surface area contributed by atoms with E-state index < -0.39 is 23.6 Å². The molecule has 2 unspecified atom stereocenters. The molecule has 3 rings (SSSR count). The lowest BCUT2D eigenvalue weighted by Crippen LogP contribution is -2.26. The molecule has 0 spiro atoms. The minimum absolute atomic E-state index is 0.172. The topological polar surface area (TPSA) is 65.0 Å². The second-order valence-corrected chi connectivity index (χ2v) is 6.67. The van der Waals surface area contributed by atoms with Crippen molar-refractivity contribution in [3.63, 3.8) is 0 Å². The van der Waals surface area contributed by atoms with Gasteiger partial charge in [0, 0.05) is 0 Å². The molecule has 6 heteroatoms. The van der Waals surface area contributed by atoms with E-state index in [2.05, 4.69) is 4.99 Å². The molecule has 0 aromatic heterocycles. The van der Waals surface area contributed by atoms with Crippen LogP contribution in [0, 0.1) is 20.8 Å². The number of hydrogen-bond donors (Lipinski definition) is 0. The Morgan fingerprint density at radius 2 is 1.73 bits per heavy atom. The van der Waals surface area contributed by atoms with Crippen LogP contribution in [0.4, 0.5) is 5.69 Å². The van der Waals surface area contributed by atoms with E-state index >= 15 is 0 Å². The predicted octanol–water partition coefficient (Wildman–Crippen LogP) is 4.03. The van der Waals surface area contributed by atoms with Crippen LogP contribution >= 0.6 is 11.6 Å². The largest absolute Gasteiger partial charge is 0.418 e. The van der Waals surface area contributed by atoms with Crippen molar-refractivity contribution in [2.75, 3.05) is 0 Å². The molecule has 5 nitrogen and oxygen atoms in total. The highest BCUT2D eigenvalue weighted by Crippen LogP contribution is 2.26. The number of hydrogen-bond acceptors (Lipinski definition) is 5. The number of carbonyl (C=O) groups is 2. The SMILES string of the molecule is Cc1ccc(C(=O)OC2OC(=O)C(Cl)C2=Nc2cc(C)ccc2C)cc1. The van der Waals surface area contributed by atoms with E-state index in [0.717, 1.165) is 16.7 Å². The lowest BCUT2D eigenvalue weighted by Gasteiger charge is -2.13. The summed E-state index contributed by atoms with van der Waals surface area (Å²) in [6, 6.07) is 12.6. The van der Waals surface area contributed by atoms with Crippen LogP contribution in [0.25, 0.3) is 0 Å². The Balaban J connectivity index is 1.88. The second-order valence-electron chi connectivity index (χ2n) is 6.23. The molecular weight excluding hydrogens is 354 g/mol. The summed E-state index contributed by atoms with van der Waals surface area (Å²) >= 11 is 6.12. The fourth-order valence-corrected chi connectivity index (χ4v) is 2.70. The minimum atomic E-state index is -1.24. The third-order valence-electron chi connectivity index (χ3n) is 4.05. The summed E-state index contributed by atoms with van der Waals surface area (Å²) in [5, 5.41) is -1.09. The number of rotatable bonds is 3. The third-order valence-corrected chi connectivity index (χ3v) is 4.45. The molecule has 1 aliphatic heterocycles. The van der Waals surface area contributed by atoms with Crippen LogP contribution in [0.15, 0.2) is 47.5 Å². The molecule has 0 radical (unpaired) electrons. The number of halogens is 1. The van der Waals surface area contributed by atoms with E-state index in [4.69, 9.17) is 21.1 Å². The zero-order chi connectivity index (χ0) is 18.8. The van der Waals surface area contributed by atoms with Gasteiger partial charge >= 0.3 is 11.9 Å². The number of esters is 2. The smallest absolute Gasteiger partial charge is 0.341 e. The molecule has 134 valence electrons. The maximum Gasteiger partial charge on any atom is 0.341 e. The quantitative estimate of drug-likeness (QED) is 0.603. The highest BCUT2D eigenvalue weighted by atomic mass is 35.5. The molecule has 0 aliphatic carbocycles. The fourth-order valence-electron chi connectivity index (χ4n) is 2.49. The van der Waals surface area contributed by atoms with Gasteiger partial charge in [-0.05, 0) is 50.1 Å². The second kappa shape index (κ2) is 7.30. The number of alkyl halides is 1. The van der Waals surface area contributed by atoms with Gasteiger partial charge in [0.2, 0.25) is 0 Å². The first kappa shape index (κ1) is 18.1. The van der Waals surface area contributed by atoms with Crippen molar-refractivity contribution in [2.45, 2.75) is 32.4 Å². The normalized spacial score (nSPS) is 20.9. The zero-order valence-electron chi connectivity index (χ0n) is 14.7. The summed E-state index contributed by atoms with van der Waals surface area (Å²) in [5.41, 5.74) is 4.13. The van der Waals surface area contributed by atoms with E-state index in [1.54, 1.807) is 24.3 Å². The molecule has 1 fully saturated rings. The summed E-state index contributed by atoms with van der Waals surface area (Å²) in [5.74, 6) is -1.29. The predicted molar refractivity (Wildman–Crippen MR) is 99.1 cm³/mol. The van der Waals surface area contributed by atoms with E-state index in [1.807, 2.05) is 39.0 Å². The van der Waals surface area contributed by atoms with Crippen LogP contribution in [-0.2, 0) is 14.3 Å². The lowest BCUT2D eigenvalue weighted by atomic mass is 10.1. The van der Waals surface area contributed by atoms with Gasteiger partial charge in [-0.1, -0.05) is 29.8 Å². The highest BCUT2D eigenvalue weighted by Gasteiger charge is 2.43. The molecule has 0 saturated carbocycles. The van der Waals surface area contributed by atoms with Crippen LogP contribution in [-0.4, -0.2) is 29.3 Å². The Kier molecular flexibility index (Phi) is 5.09. The Bertz CT molecular complexity index is 889. The molecule has 1 saturated heterocycles. The number of nitrogens with zero attached hydrogens (tertiary/aromatic N) is 1. The van der Waals surface area contributed by atoms with Crippen molar-refractivity contribution in [1.82, 2.24) is 0 Å². The number of ether oxygens (including phenoxy) is 2. The molecule has 2 aromatic rings. The average Bonchev–Trinajstić information content (AvgIpc) is 2.86. The van der Waals surface area contributed by atoms with Gasteiger partial charge in [0.15, 0.2) is 5.38 Å². The fraction of sp³-hybridized carbons (Fsp3) is 0.250. The first-order valence-electron chi connectivity index (χ1n) is 8.13. The summed E-state index contributed by atoms with van der Waals surface area (Å²) < 4.78 is 10.4. The number of carbonyl (C=O) groups excluding carboxylic acids is 2. The molecule has 0 amide bonds. The standard InChI is InChI=1S/C20H18ClNO4/c1-11-5-8-14(9-6-11)18(23)25-20-17(16(21)19(24)26-20)22-15-10-12(2)4-7-13(15)3/h4-10,16,20H,1-3H3. The van der Waals surface area contributed by atoms with E-state index in [0.29, 0.717) is 11.3 Å². The molecule has 2 atom stereocenters. The van der Waals surface area contributed by atoms with Crippen LogP contribution in [0.3, 0.4) is 0 Å². The van der Waals surface area contributed by atoms with Crippen molar-refractivity contribution in [3.8, 4) is 0 Å². The Hall–Kier alpha value is -2.66. The molecule has 2 aromatic carbocycles. The van der Waals surface area contributed by atoms with Crippen molar-refractivity contribution in [2.24, 2.45) is 4.99 Å². The Labute approximate surface area is 156 Å².